The molecule has 35 heavy (non-hydrogen) atoms. The fraction of sp³-hybridized carbons (Fsp3) is 0.933. The van der Waals surface area contributed by atoms with Gasteiger partial charge in [0.15, 0.2) is 0 Å². The van der Waals surface area contributed by atoms with Crippen LogP contribution >= 0.6 is 0 Å². The maximum atomic E-state index is 11.8. The van der Waals surface area contributed by atoms with Gasteiger partial charge in [-0.1, -0.05) is 136 Å². The molecule has 0 bridgehead atoms. The molecule has 0 unspecified atom stereocenters. The highest BCUT2D eigenvalue weighted by molar-refractivity contribution is 5.69. The highest BCUT2D eigenvalue weighted by Crippen LogP contribution is 2.13. The summed E-state index contributed by atoms with van der Waals surface area (Å²) in [5.41, 5.74) is 0. The molecule has 0 aromatic heterocycles. The SMILES string of the molecule is CCCCCCCCCCCCCCCCC(=O)OC[C@H](O)COC(=O)CCCCCCCCC. The first-order chi connectivity index (χ1) is 17.1. The third kappa shape index (κ3) is 27.3. The van der Waals surface area contributed by atoms with Gasteiger partial charge in [0.1, 0.15) is 19.3 Å². The van der Waals surface area contributed by atoms with Crippen LogP contribution in [0.15, 0.2) is 0 Å². The molecule has 0 rings (SSSR count). The molecule has 0 saturated carbocycles. The smallest absolute Gasteiger partial charge is 0.305 e. The second-order valence-electron chi connectivity index (χ2n) is 10.2. The molecule has 5 heteroatoms. The Bertz CT molecular complexity index is 466. The van der Waals surface area contributed by atoms with Crippen LogP contribution in [0, 0.1) is 0 Å². The molecule has 0 amide bonds. The highest BCUT2D eigenvalue weighted by atomic mass is 16.6. The third-order valence-electron chi connectivity index (χ3n) is 6.59. The summed E-state index contributed by atoms with van der Waals surface area (Å²) in [5, 5.41) is 9.88. The number of rotatable bonds is 27. The summed E-state index contributed by atoms with van der Waals surface area (Å²) in [6.07, 6.45) is 25.8. The Balaban J connectivity index is 3.40. The molecule has 0 aliphatic carbocycles. The average Bonchev–Trinajstić information content (AvgIpc) is 2.85. The van der Waals surface area contributed by atoms with Gasteiger partial charge in [0.2, 0.25) is 0 Å². The Morgan fingerprint density at radius 2 is 0.743 bits per heavy atom. The predicted octanol–water partition coefficient (Wildman–Crippen LogP) is 8.45. The second kappa shape index (κ2) is 27.5. The largest absolute Gasteiger partial charge is 0.463 e. The number of hydrogen-bond acceptors (Lipinski definition) is 5. The van der Waals surface area contributed by atoms with Gasteiger partial charge >= 0.3 is 11.9 Å². The van der Waals surface area contributed by atoms with E-state index in [4.69, 9.17) is 9.47 Å². The van der Waals surface area contributed by atoms with E-state index >= 15 is 0 Å². The Hall–Kier alpha value is -1.10. The van der Waals surface area contributed by atoms with E-state index in [1.807, 2.05) is 0 Å². The van der Waals surface area contributed by atoms with Crippen molar-refractivity contribution < 1.29 is 24.2 Å². The van der Waals surface area contributed by atoms with Crippen LogP contribution in [0.2, 0.25) is 0 Å². The average molecular weight is 499 g/mol. The van der Waals surface area contributed by atoms with Crippen LogP contribution in [0.5, 0.6) is 0 Å². The lowest BCUT2D eigenvalue weighted by atomic mass is 10.0. The summed E-state index contributed by atoms with van der Waals surface area (Å²) in [6.45, 7) is 4.24. The molecule has 0 heterocycles. The number of unbranched alkanes of at least 4 members (excludes halogenated alkanes) is 19. The summed E-state index contributed by atoms with van der Waals surface area (Å²) in [4.78, 5) is 23.6. The van der Waals surface area contributed by atoms with Gasteiger partial charge in [-0.2, -0.15) is 0 Å². The maximum absolute atomic E-state index is 11.8. The van der Waals surface area contributed by atoms with E-state index in [1.165, 1.54) is 103 Å². The van der Waals surface area contributed by atoms with Crippen LogP contribution < -0.4 is 0 Å². The highest BCUT2D eigenvalue weighted by Gasteiger charge is 2.12. The van der Waals surface area contributed by atoms with Gasteiger partial charge in [0, 0.05) is 12.8 Å². The van der Waals surface area contributed by atoms with Gasteiger partial charge in [-0.3, -0.25) is 9.59 Å². The molecule has 0 aliphatic rings. The van der Waals surface area contributed by atoms with E-state index in [9.17, 15) is 14.7 Å². The monoisotopic (exact) mass is 498 g/mol. The van der Waals surface area contributed by atoms with Gasteiger partial charge in [0.25, 0.3) is 0 Å². The van der Waals surface area contributed by atoms with E-state index in [0.29, 0.717) is 12.8 Å². The van der Waals surface area contributed by atoms with Crippen LogP contribution in [0.25, 0.3) is 0 Å². The van der Waals surface area contributed by atoms with Gasteiger partial charge in [0.05, 0.1) is 0 Å². The number of hydrogen-bond donors (Lipinski definition) is 1. The number of aliphatic hydroxyl groups is 1. The zero-order chi connectivity index (χ0) is 25.8. The lowest BCUT2D eigenvalue weighted by Gasteiger charge is -2.12. The van der Waals surface area contributed by atoms with Crippen molar-refractivity contribution in [2.75, 3.05) is 13.2 Å². The molecular formula is C30H58O5. The van der Waals surface area contributed by atoms with Crippen molar-refractivity contribution in [1.29, 1.82) is 0 Å². The van der Waals surface area contributed by atoms with Crippen molar-refractivity contribution in [3.8, 4) is 0 Å². The maximum Gasteiger partial charge on any atom is 0.305 e. The summed E-state index contributed by atoms with van der Waals surface area (Å²) in [7, 11) is 0. The molecular weight excluding hydrogens is 440 g/mol. The van der Waals surface area contributed by atoms with Gasteiger partial charge in [-0.05, 0) is 12.8 Å². The minimum Gasteiger partial charge on any atom is -0.463 e. The normalized spacial score (nSPS) is 12.0. The number of carbonyl (C=O) groups excluding carboxylic acids is 2. The van der Waals surface area contributed by atoms with Crippen LogP contribution in [0.4, 0.5) is 0 Å². The predicted molar refractivity (Wildman–Crippen MR) is 145 cm³/mol. The molecule has 208 valence electrons. The summed E-state index contributed by atoms with van der Waals surface area (Å²) in [6, 6.07) is 0. The van der Waals surface area contributed by atoms with Crippen LogP contribution in [0.3, 0.4) is 0 Å². The first-order valence-corrected chi connectivity index (χ1v) is 15.1. The second-order valence-corrected chi connectivity index (χ2v) is 10.2. The fourth-order valence-corrected chi connectivity index (χ4v) is 4.26. The molecule has 0 fully saturated rings. The minimum atomic E-state index is -0.951. The van der Waals surface area contributed by atoms with Crippen molar-refractivity contribution in [2.24, 2.45) is 0 Å². The Labute approximate surface area is 217 Å². The van der Waals surface area contributed by atoms with Crippen LogP contribution in [-0.2, 0) is 19.1 Å². The Morgan fingerprint density at radius 3 is 1.03 bits per heavy atom. The standard InChI is InChI=1S/C30H58O5/c1-3-5-7-9-11-12-13-14-15-16-17-19-21-23-25-30(33)35-27-28(31)26-34-29(32)24-22-20-18-10-8-6-4-2/h28,31H,3-27H2,1-2H3/t28-/m1/s1. The molecule has 0 spiro atoms. The Morgan fingerprint density at radius 1 is 0.486 bits per heavy atom. The first kappa shape index (κ1) is 33.9. The van der Waals surface area contributed by atoms with E-state index in [0.717, 1.165) is 32.1 Å². The molecule has 1 atom stereocenters. The zero-order valence-corrected chi connectivity index (χ0v) is 23.3. The van der Waals surface area contributed by atoms with Crippen LogP contribution in [0.1, 0.15) is 162 Å². The molecule has 5 nitrogen and oxygen atoms in total. The van der Waals surface area contributed by atoms with Gasteiger partial charge in [-0.15, -0.1) is 0 Å². The lowest BCUT2D eigenvalue weighted by molar-refractivity contribution is -0.152. The quantitative estimate of drug-likeness (QED) is 0.0908. The summed E-state index contributed by atoms with van der Waals surface area (Å²) >= 11 is 0. The molecule has 0 aromatic carbocycles. The summed E-state index contributed by atoms with van der Waals surface area (Å²) in [5.74, 6) is -0.566. The first-order valence-electron chi connectivity index (χ1n) is 15.1. The van der Waals surface area contributed by atoms with Gasteiger partial charge in [-0.25, -0.2) is 0 Å². The lowest BCUT2D eigenvalue weighted by Crippen LogP contribution is -2.25. The van der Waals surface area contributed by atoms with Crippen LogP contribution in [-0.4, -0.2) is 36.4 Å². The van der Waals surface area contributed by atoms with Crippen molar-refractivity contribution in [3.63, 3.8) is 0 Å². The van der Waals surface area contributed by atoms with E-state index in [2.05, 4.69) is 13.8 Å². The minimum absolute atomic E-state index is 0.109. The molecule has 0 aromatic rings. The third-order valence-corrected chi connectivity index (χ3v) is 6.59. The number of aliphatic hydroxyl groups excluding tert-OH is 1. The number of ether oxygens (including phenoxy) is 2. The molecule has 1 N–H and O–H groups in total. The zero-order valence-electron chi connectivity index (χ0n) is 23.3. The van der Waals surface area contributed by atoms with E-state index in [1.54, 1.807) is 0 Å². The topological polar surface area (TPSA) is 72.8 Å². The van der Waals surface area contributed by atoms with Crippen molar-refractivity contribution in [1.82, 2.24) is 0 Å². The van der Waals surface area contributed by atoms with Crippen molar-refractivity contribution >= 4 is 11.9 Å². The van der Waals surface area contributed by atoms with E-state index in [-0.39, 0.29) is 25.2 Å². The summed E-state index contributed by atoms with van der Waals surface area (Å²) < 4.78 is 10.2. The van der Waals surface area contributed by atoms with Crippen molar-refractivity contribution in [2.45, 2.75) is 168 Å². The molecule has 0 saturated heterocycles. The van der Waals surface area contributed by atoms with Crippen molar-refractivity contribution in [3.05, 3.63) is 0 Å². The fourth-order valence-electron chi connectivity index (χ4n) is 4.26. The Kier molecular flexibility index (Phi) is 26.6. The van der Waals surface area contributed by atoms with E-state index < -0.39 is 6.10 Å². The van der Waals surface area contributed by atoms with Gasteiger partial charge < -0.3 is 14.6 Å². The number of carbonyl (C=O) groups is 2. The molecule has 0 aliphatic heterocycles. The number of esters is 2. The molecule has 0 radical (unpaired) electrons.